The molecule has 66 valence electrons. The molecule has 5 N–H and O–H groups in total. The van der Waals surface area contributed by atoms with Crippen molar-refractivity contribution in [2.75, 3.05) is 0 Å². The van der Waals surface area contributed by atoms with Crippen LogP contribution >= 0.6 is 0 Å². The van der Waals surface area contributed by atoms with E-state index in [0.29, 0.717) is 11.1 Å². The fourth-order valence-corrected chi connectivity index (χ4v) is 1.16. The van der Waals surface area contributed by atoms with Crippen LogP contribution < -0.4 is 5.73 Å². The van der Waals surface area contributed by atoms with Gasteiger partial charge in [-0.1, -0.05) is 0 Å². The SMILES string of the molecule is N=C(N)c1ccc2[nH]c(O)nc2c1. The van der Waals surface area contributed by atoms with E-state index >= 15 is 0 Å². The number of imidazole rings is 1. The molecular weight excluding hydrogens is 168 g/mol. The van der Waals surface area contributed by atoms with E-state index in [2.05, 4.69) is 9.97 Å². The third kappa shape index (κ3) is 1.20. The summed E-state index contributed by atoms with van der Waals surface area (Å²) in [6.07, 6.45) is 0. The number of amidine groups is 1. The molecule has 0 unspecified atom stereocenters. The second-order valence-corrected chi connectivity index (χ2v) is 2.71. The average molecular weight is 176 g/mol. The molecule has 13 heavy (non-hydrogen) atoms. The van der Waals surface area contributed by atoms with Gasteiger partial charge in [-0.25, -0.2) is 0 Å². The van der Waals surface area contributed by atoms with Crippen LogP contribution in [0, 0.1) is 5.41 Å². The maximum atomic E-state index is 9.03. The first-order valence-corrected chi connectivity index (χ1v) is 3.70. The van der Waals surface area contributed by atoms with Gasteiger partial charge < -0.3 is 15.8 Å². The molecule has 0 bridgehead atoms. The van der Waals surface area contributed by atoms with Crippen molar-refractivity contribution < 1.29 is 5.11 Å². The number of nitrogens with one attached hydrogen (secondary N) is 2. The normalized spacial score (nSPS) is 10.5. The quantitative estimate of drug-likeness (QED) is 0.377. The minimum atomic E-state index is -0.129. The lowest BCUT2D eigenvalue weighted by Gasteiger charge is -1.95. The van der Waals surface area contributed by atoms with Crippen molar-refractivity contribution in [3.63, 3.8) is 0 Å². The Morgan fingerprint density at radius 2 is 2.31 bits per heavy atom. The standard InChI is InChI=1S/C8H8N4O/c9-7(10)4-1-2-5-6(3-4)12-8(13)11-5/h1-3H,(H3,9,10)(H2,11,12,13). The molecule has 1 aromatic carbocycles. The summed E-state index contributed by atoms with van der Waals surface area (Å²) in [7, 11) is 0. The van der Waals surface area contributed by atoms with Crippen molar-refractivity contribution in [2.24, 2.45) is 5.73 Å². The summed E-state index contributed by atoms with van der Waals surface area (Å²) < 4.78 is 0. The topological polar surface area (TPSA) is 98.8 Å². The van der Waals surface area contributed by atoms with Gasteiger partial charge in [-0.05, 0) is 18.2 Å². The van der Waals surface area contributed by atoms with Crippen LogP contribution in [0.15, 0.2) is 18.2 Å². The molecule has 0 aliphatic carbocycles. The molecule has 5 heteroatoms. The van der Waals surface area contributed by atoms with Gasteiger partial charge in [0.25, 0.3) is 6.01 Å². The molecule has 5 nitrogen and oxygen atoms in total. The van der Waals surface area contributed by atoms with Crippen LogP contribution in [0.4, 0.5) is 0 Å². The summed E-state index contributed by atoms with van der Waals surface area (Å²) in [4.78, 5) is 6.46. The lowest BCUT2D eigenvalue weighted by atomic mass is 10.2. The largest absolute Gasteiger partial charge is 0.480 e. The van der Waals surface area contributed by atoms with E-state index in [-0.39, 0.29) is 11.8 Å². The Kier molecular flexibility index (Phi) is 1.45. The highest BCUT2D eigenvalue weighted by Crippen LogP contribution is 2.15. The zero-order valence-corrected chi connectivity index (χ0v) is 6.70. The summed E-state index contributed by atoms with van der Waals surface area (Å²) >= 11 is 0. The Balaban J connectivity index is 2.67. The Bertz CT molecular complexity index is 474. The van der Waals surface area contributed by atoms with E-state index in [4.69, 9.17) is 16.2 Å². The lowest BCUT2D eigenvalue weighted by molar-refractivity contribution is 0.438. The molecule has 0 spiro atoms. The van der Waals surface area contributed by atoms with E-state index < -0.39 is 0 Å². The number of hydrogen-bond donors (Lipinski definition) is 4. The smallest absolute Gasteiger partial charge is 0.292 e. The third-order valence-corrected chi connectivity index (χ3v) is 1.78. The van der Waals surface area contributed by atoms with Crippen LogP contribution in [0.2, 0.25) is 0 Å². The molecule has 0 atom stereocenters. The van der Waals surface area contributed by atoms with Gasteiger partial charge in [-0.15, -0.1) is 0 Å². The van der Waals surface area contributed by atoms with Crippen molar-refractivity contribution in [3.8, 4) is 6.01 Å². The fraction of sp³-hybridized carbons (Fsp3) is 0. The van der Waals surface area contributed by atoms with Crippen LogP contribution in [0.5, 0.6) is 6.01 Å². The van der Waals surface area contributed by atoms with Crippen LogP contribution in [0.3, 0.4) is 0 Å². The number of H-pyrrole nitrogens is 1. The molecule has 0 aliphatic rings. The Labute approximate surface area is 73.7 Å². The molecular formula is C8H8N4O. The highest BCUT2D eigenvalue weighted by atomic mass is 16.3. The molecule has 2 aromatic rings. The minimum absolute atomic E-state index is 0.00982. The van der Waals surface area contributed by atoms with Crippen LogP contribution in [0.25, 0.3) is 11.0 Å². The molecule has 2 rings (SSSR count). The van der Waals surface area contributed by atoms with E-state index in [1.807, 2.05) is 0 Å². The number of fused-ring (bicyclic) bond motifs is 1. The van der Waals surface area contributed by atoms with Crippen LogP contribution in [0.1, 0.15) is 5.56 Å². The molecule has 0 saturated heterocycles. The number of aromatic hydroxyl groups is 1. The van der Waals surface area contributed by atoms with Crippen molar-refractivity contribution >= 4 is 16.9 Å². The predicted octanol–water partition coefficient (Wildman–Crippen LogP) is 0.553. The number of nitrogen functional groups attached to an aromatic ring is 1. The molecule has 1 aromatic heterocycles. The van der Waals surface area contributed by atoms with Crippen molar-refractivity contribution in [1.82, 2.24) is 9.97 Å². The van der Waals surface area contributed by atoms with Gasteiger partial charge in [0.05, 0.1) is 11.0 Å². The summed E-state index contributed by atoms with van der Waals surface area (Å²) in [6, 6.07) is 4.94. The van der Waals surface area contributed by atoms with Crippen LogP contribution in [-0.2, 0) is 0 Å². The first-order chi connectivity index (χ1) is 6.16. The van der Waals surface area contributed by atoms with Gasteiger partial charge in [0, 0.05) is 5.56 Å². The zero-order valence-electron chi connectivity index (χ0n) is 6.70. The van der Waals surface area contributed by atoms with E-state index in [0.717, 1.165) is 5.52 Å². The number of benzene rings is 1. The molecule has 1 heterocycles. The van der Waals surface area contributed by atoms with Gasteiger partial charge in [0.15, 0.2) is 0 Å². The first-order valence-electron chi connectivity index (χ1n) is 3.70. The Hall–Kier alpha value is -2.04. The number of nitrogens with two attached hydrogens (primary N) is 1. The summed E-state index contributed by atoms with van der Waals surface area (Å²) in [5, 5.41) is 16.2. The van der Waals surface area contributed by atoms with Gasteiger partial charge in [0.2, 0.25) is 0 Å². The van der Waals surface area contributed by atoms with Crippen LogP contribution in [-0.4, -0.2) is 20.9 Å². The van der Waals surface area contributed by atoms with Crippen molar-refractivity contribution in [3.05, 3.63) is 23.8 Å². The van der Waals surface area contributed by atoms with Gasteiger partial charge in [-0.2, -0.15) is 4.98 Å². The molecule has 0 aliphatic heterocycles. The Morgan fingerprint density at radius 1 is 1.54 bits per heavy atom. The Morgan fingerprint density at radius 3 is 3.00 bits per heavy atom. The average Bonchev–Trinajstić information content (AvgIpc) is 2.42. The second kappa shape index (κ2) is 2.48. The molecule has 0 amide bonds. The zero-order chi connectivity index (χ0) is 9.42. The highest BCUT2D eigenvalue weighted by molar-refractivity contribution is 5.97. The monoisotopic (exact) mass is 176 g/mol. The third-order valence-electron chi connectivity index (χ3n) is 1.78. The number of nitrogens with zero attached hydrogens (tertiary/aromatic N) is 1. The summed E-state index contributed by atoms with van der Waals surface area (Å²) in [6.45, 7) is 0. The maximum Gasteiger partial charge on any atom is 0.292 e. The fourth-order valence-electron chi connectivity index (χ4n) is 1.16. The number of aromatic amines is 1. The minimum Gasteiger partial charge on any atom is -0.480 e. The number of rotatable bonds is 1. The van der Waals surface area contributed by atoms with Crippen molar-refractivity contribution in [1.29, 1.82) is 5.41 Å². The molecule has 0 radical (unpaired) electrons. The van der Waals surface area contributed by atoms with E-state index in [9.17, 15) is 0 Å². The summed E-state index contributed by atoms with van der Waals surface area (Å²) in [5.74, 6) is -0.00982. The predicted molar refractivity (Wildman–Crippen MR) is 48.8 cm³/mol. The van der Waals surface area contributed by atoms with E-state index in [1.54, 1.807) is 18.2 Å². The molecule has 0 fully saturated rings. The lowest BCUT2D eigenvalue weighted by Crippen LogP contribution is -2.10. The van der Waals surface area contributed by atoms with Gasteiger partial charge in [0.1, 0.15) is 5.84 Å². The number of aromatic nitrogens is 2. The van der Waals surface area contributed by atoms with Gasteiger partial charge >= 0.3 is 0 Å². The second-order valence-electron chi connectivity index (χ2n) is 2.71. The number of hydrogen-bond acceptors (Lipinski definition) is 3. The molecule has 0 saturated carbocycles. The maximum absolute atomic E-state index is 9.03. The van der Waals surface area contributed by atoms with Crippen molar-refractivity contribution in [2.45, 2.75) is 0 Å². The highest BCUT2D eigenvalue weighted by Gasteiger charge is 2.02. The first kappa shape index (κ1) is 7.60. The van der Waals surface area contributed by atoms with Gasteiger partial charge in [-0.3, -0.25) is 5.41 Å². The van der Waals surface area contributed by atoms with E-state index in [1.165, 1.54) is 0 Å². The summed E-state index contributed by atoms with van der Waals surface area (Å²) in [5.41, 5.74) is 7.22.